The monoisotopic (exact) mass is 469 g/mol. The van der Waals surface area contributed by atoms with Crippen molar-refractivity contribution in [2.24, 2.45) is 16.6 Å². The van der Waals surface area contributed by atoms with Crippen LogP contribution in [0.15, 0.2) is 41.5 Å². The first-order valence-electron chi connectivity index (χ1n) is 9.92. The summed E-state index contributed by atoms with van der Waals surface area (Å²) < 4.78 is 64.6. The van der Waals surface area contributed by atoms with Gasteiger partial charge < -0.3 is 16.4 Å². The molecule has 0 aliphatic heterocycles. The molecule has 1 fully saturated rings. The molecule has 0 spiro atoms. The minimum atomic E-state index is -4.54. The van der Waals surface area contributed by atoms with Crippen LogP contribution in [0.4, 0.5) is 32.4 Å². The molecule has 4 N–H and O–H groups in total. The van der Waals surface area contributed by atoms with Crippen LogP contribution in [-0.2, 0) is 17.5 Å². The Balaban J connectivity index is 1.73. The van der Waals surface area contributed by atoms with Gasteiger partial charge in [-0.3, -0.25) is 9.78 Å². The number of pyridine rings is 1. The van der Waals surface area contributed by atoms with Gasteiger partial charge in [-0.2, -0.15) is 18.2 Å². The van der Waals surface area contributed by atoms with Gasteiger partial charge in [0.15, 0.2) is 0 Å². The number of aromatic nitrogens is 1. The maximum Gasteiger partial charge on any atom is 0.416 e. The fraction of sp³-hybridized carbons (Fsp3) is 0.333. The number of amidine groups is 1. The van der Waals surface area contributed by atoms with Gasteiger partial charge in [0.25, 0.3) is 6.43 Å². The highest BCUT2D eigenvalue weighted by Crippen LogP contribution is 2.30. The molecule has 1 saturated carbocycles. The van der Waals surface area contributed by atoms with Crippen molar-refractivity contribution in [1.82, 2.24) is 10.3 Å². The molecule has 7 nitrogen and oxygen atoms in total. The van der Waals surface area contributed by atoms with E-state index >= 15 is 0 Å². The topological polar surface area (TPSA) is 109 Å². The van der Waals surface area contributed by atoms with Crippen LogP contribution >= 0.6 is 0 Å². The number of hydrogen-bond acceptors (Lipinski definition) is 3. The lowest BCUT2D eigenvalue weighted by Crippen LogP contribution is -2.34. The predicted octanol–water partition coefficient (Wildman–Crippen LogP) is 4.39. The number of nitrogens with one attached hydrogen (secondary N) is 2. The molecule has 1 aliphatic rings. The quantitative estimate of drug-likeness (QED) is 0.331. The predicted molar refractivity (Wildman–Crippen MR) is 110 cm³/mol. The zero-order chi connectivity index (χ0) is 24.2. The highest BCUT2D eigenvalue weighted by Gasteiger charge is 2.30. The van der Waals surface area contributed by atoms with Crippen LogP contribution in [0, 0.1) is 5.92 Å². The highest BCUT2D eigenvalue weighted by atomic mass is 19.4. The maximum absolute atomic E-state index is 13.4. The second-order valence-corrected chi connectivity index (χ2v) is 7.43. The van der Waals surface area contributed by atoms with Gasteiger partial charge in [-0.1, -0.05) is 6.42 Å². The third-order valence-corrected chi connectivity index (χ3v) is 5.09. The molecule has 3 rings (SSSR count). The number of carbonyl (C=O) groups excluding carboxylic acids is 2. The largest absolute Gasteiger partial charge is 0.416 e. The van der Waals surface area contributed by atoms with Crippen molar-refractivity contribution in [2.45, 2.75) is 38.4 Å². The zero-order valence-electron chi connectivity index (χ0n) is 17.1. The van der Waals surface area contributed by atoms with Gasteiger partial charge in [0, 0.05) is 29.9 Å². The number of hydrogen-bond donors (Lipinski definition) is 3. The second-order valence-electron chi connectivity index (χ2n) is 7.43. The van der Waals surface area contributed by atoms with Gasteiger partial charge in [0.1, 0.15) is 11.5 Å². The van der Waals surface area contributed by atoms with E-state index in [1.807, 2.05) is 0 Å². The molecular formula is C21H20F5N5O2. The third kappa shape index (κ3) is 6.24. The number of rotatable bonds is 6. The Hall–Kier alpha value is -3.57. The van der Waals surface area contributed by atoms with Crippen LogP contribution in [-0.4, -0.2) is 22.8 Å². The lowest BCUT2D eigenvalue weighted by Gasteiger charge is -2.24. The molecule has 0 atom stereocenters. The van der Waals surface area contributed by atoms with Gasteiger partial charge >= 0.3 is 12.2 Å². The zero-order valence-corrected chi connectivity index (χ0v) is 17.1. The highest BCUT2D eigenvalue weighted by molar-refractivity contribution is 6.07. The summed E-state index contributed by atoms with van der Waals surface area (Å²) in [6.45, 7) is 0.0316. The third-order valence-electron chi connectivity index (χ3n) is 5.09. The molecule has 2 aromatic rings. The summed E-state index contributed by atoms with van der Waals surface area (Å²) in [5.41, 5.74) is 4.24. The van der Waals surface area contributed by atoms with Crippen LogP contribution in [0.5, 0.6) is 0 Å². The SMILES string of the molecule is N/C(=N\C(=O)Nc1ccc(C(F)(F)F)cc1)c1cc(CNC(=O)C2CCC2)cnc1C(F)F. The molecule has 12 heteroatoms. The van der Waals surface area contributed by atoms with E-state index in [-0.39, 0.29) is 29.6 Å². The molecule has 1 aromatic carbocycles. The van der Waals surface area contributed by atoms with Crippen LogP contribution in [0.25, 0.3) is 0 Å². The molecule has 1 aliphatic carbocycles. The van der Waals surface area contributed by atoms with Crippen LogP contribution < -0.4 is 16.4 Å². The van der Waals surface area contributed by atoms with Gasteiger partial charge in [-0.25, -0.2) is 13.6 Å². The maximum atomic E-state index is 13.4. The van der Waals surface area contributed by atoms with E-state index < -0.39 is 35.7 Å². The normalized spacial score (nSPS) is 14.7. The molecule has 176 valence electrons. The molecule has 0 saturated heterocycles. The molecule has 1 heterocycles. The fourth-order valence-corrected chi connectivity index (χ4v) is 3.06. The number of aliphatic imine (C=N–C) groups is 1. The van der Waals surface area contributed by atoms with E-state index in [4.69, 9.17) is 5.73 Å². The van der Waals surface area contributed by atoms with Gasteiger partial charge in [0.05, 0.1) is 5.56 Å². The molecule has 1 aromatic heterocycles. The van der Waals surface area contributed by atoms with Crippen molar-refractivity contribution >= 4 is 23.5 Å². The minimum Gasteiger partial charge on any atom is -0.383 e. The first-order valence-corrected chi connectivity index (χ1v) is 9.92. The van der Waals surface area contributed by atoms with E-state index in [9.17, 15) is 31.5 Å². The summed E-state index contributed by atoms with van der Waals surface area (Å²) in [4.78, 5) is 31.3. The summed E-state index contributed by atoms with van der Waals surface area (Å²) in [5.74, 6) is -0.758. The number of nitrogens with zero attached hydrogens (tertiary/aromatic N) is 2. The van der Waals surface area contributed by atoms with E-state index in [2.05, 4.69) is 20.6 Å². The Morgan fingerprint density at radius 1 is 1.18 bits per heavy atom. The number of halogens is 5. The molecule has 3 amide bonds. The fourth-order valence-electron chi connectivity index (χ4n) is 3.06. The summed E-state index contributed by atoms with van der Waals surface area (Å²) >= 11 is 0. The van der Waals surface area contributed by atoms with Crippen LogP contribution in [0.3, 0.4) is 0 Å². The average molecular weight is 469 g/mol. The first-order chi connectivity index (χ1) is 15.5. The number of nitrogens with two attached hydrogens (primary N) is 1. The Kier molecular flexibility index (Phi) is 7.24. The molecule has 0 radical (unpaired) electrons. The molecular weight excluding hydrogens is 449 g/mol. The first kappa shape index (κ1) is 24.1. The van der Waals surface area contributed by atoms with Crippen molar-refractivity contribution < 1.29 is 31.5 Å². The van der Waals surface area contributed by atoms with Gasteiger partial charge in [-0.05, 0) is 48.7 Å². The number of carbonyl (C=O) groups is 2. The number of amides is 3. The van der Waals surface area contributed by atoms with E-state index in [1.165, 1.54) is 12.3 Å². The van der Waals surface area contributed by atoms with Crippen LogP contribution in [0.2, 0.25) is 0 Å². The lowest BCUT2D eigenvalue weighted by molar-refractivity contribution is -0.137. The number of anilines is 1. The molecule has 0 unspecified atom stereocenters. The van der Waals surface area contributed by atoms with Gasteiger partial charge in [-0.15, -0.1) is 0 Å². The molecule has 0 bridgehead atoms. The average Bonchev–Trinajstić information content (AvgIpc) is 2.70. The Bertz CT molecular complexity index is 1050. The van der Waals surface area contributed by atoms with Crippen molar-refractivity contribution in [2.75, 3.05) is 5.32 Å². The number of urea groups is 1. The smallest absolute Gasteiger partial charge is 0.383 e. The van der Waals surface area contributed by atoms with Gasteiger partial charge in [0.2, 0.25) is 5.91 Å². The summed E-state index contributed by atoms with van der Waals surface area (Å²) in [7, 11) is 0. The Labute approximate surface area is 185 Å². The second kappa shape index (κ2) is 9.92. The number of alkyl halides is 5. The van der Waals surface area contributed by atoms with E-state index in [1.54, 1.807) is 0 Å². The summed E-state index contributed by atoms with van der Waals surface area (Å²) in [5, 5.41) is 4.91. The van der Waals surface area contributed by atoms with Crippen molar-refractivity contribution in [3.05, 3.63) is 58.9 Å². The van der Waals surface area contributed by atoms with Crippen molar-refractivity contribution in [3.63, 3.8) is 0 Å². The Morgan fingerprint density at radius 2 is 1.85 bits per heavy atom. The van der Waals surface area contributed by atoms with Crippen molar-refractivity contribution in [1.29, 1.82) is 0 Å². The Morgan fingerprint density at radius 3 is 2.39 bits per heavy atom. The number of benzene rings is 1. The lowest BCUT2D eigenvalue weighted by atomic mass is 9.85. The van der Waals surface area contributed by atoms with E-state index in [0.717, 1.165) is 43.5 Å². The summed E-state index contributed by atoms with van der Waals surface area (Å²) in [6, 6.07) is 3.75. The molecule has 33 heavy (non-hydrogen) atoms. The van der Waals surface area contributed by atoms with Crippen molar-refractivity contribution in [3.8, 4) is 0 Å². The van der Waals surface area contributed by atoms with Crippen LogP contribution in [0.1, 0.15) is 48.1 Å². The summed E-state index contributed by atoms with van der Waals surface area (Å²) in [6.07, 6.45) is -3.80. The minimum absolute atomic E-state index is 0.00390. The van der Waals surface area contributed by atoms with E-state index in [0.29, 0.717) is 5.56 Å². The standard InChI is InChI=1S/C21H20F5N5O2/c22-17(23)16-15(8-11(9-28-16)10-29-19(32)12-2-1-3-12)18(27)31-20(33)30-14-6-4-13(5-7-14)21(24,25)26/h4-9,12,17H,1-3,10H2,(H,29,32)(H3,27,30,31,33).